The highest BCUT2D eigenvalue weighted by atomic mass is 16.5. The number of methoxy groups -OCH3 is 1. The largest absolute Gasteiger partial charge is 0.497 e. The SMILES string of the molecule is COc1ccc(Cn2ccc(C)c(NC(=O)[C@H](Cc3ccc(CC(=O)O)cc3)NC(=O)Cc3ccc4ccccc4c3)c2=O)cc1. The number of aliphatic carboxylic acids is 1. The first kappa shape index (κ1) is 31.7. The number of anilines is 1. The first-order valence-electron chi connectivity index (χ1n) is 14.9. The molecule has 4 aromatic carbocycles. The fourth-order valence-electron chi connectivity index (χ4n) is 5.27. The average molecular weight is 618 g/mol. The van der Waals surface area contributed by atoms with Gasteiger partial charge in [-0.3, -0.25) is 19.2 Å². The van der Waals surface area contributed by atoms with E-state index in [9.17, 15) is 19.2 Å². The summed E-state index contributed by atoms with van der Waals surface area (Å²) in [5, 5.41) is 16.8. The maximum absolute atomic E-state index is 13.8. The monoisotopic (exact) mass is 617 g/mol. The molecule has 5 rings (SSSR count). The average Bonchev–Trinajstić information content (AvgIpc) is 3.05. The van der Waals surface area contributed by atoms with Crippen molar-refractivity contribution in [2.24, 2.45) is 0 Å². The number of fused-ring (bicyclic) bond motifs is 1. The van der Waals surface area contributed by atoms with Crippen LogP contribution in [0.1, 0.15) is 27.8 Å². The zero-order valence-electron chi connectivity index (χ0n) is 25.7. The van der Waals surface area contributed by atoms with E-state index in [1.54, 1.807) is 50.6 Å². The van der Waals surface area contributed by atoms with Crippen LogP contribution < -0.4 is 20.9 Å². The van der Waals surface area contributed by atoms with Gasteiger partial charge < -0.3 is 25.0 Å². The molecule has 0 fully saturated rings. The highest BCUT2D eigenvalue weighted by Gasteiger charge is 2.24. The number of carboxylic acids is 1. The molecule has 0 saturated carbocycles. The van der Waals surface area contributed by atoms with E-state index in [1.807, 2.05) is 66.7 Å². The third-order valence-corrected chi connectivity index (χ3v) is 7.78. The molecule has 46 heavy (non-hydrogen) atoms. The van der Waals surface area contributed by atoms with Crippen LogP contribution in [-0.4, -0.2) is 40.6 Å². The summed E-state index contributed by atoms with van der Waals surface area (Å²) < 4.78 is 6.73. The van der Waals surface area contributed by atoms with Gasteiger partial charge in [0.1, 0.15) is 17.5 Å². The Hall–Kier alpha value is -5.70. The minimum atomic E-state index is -1.01. The molecule has 0 aliphatic rings. The molecule has 0 aliphatic heterocycles. The van der Waals surface area contributed by atoms with Crippen LogP contribution in [0.15, 0.2) is 108 Å². The second kappa shape index (κ2) is 14.4. The van der Waals surface area contributed by atoms with Crippen molar-refractivity contribution in [2.75, 3.05) is 12.4 Å². The predicted molar refractivity (Wildman–Crippen MR) is 177 cm³/mol. The van der Waals surface area contributed by atoms with Gasteiger partial charge in [-0.15, -0.1) is 0 Å². The topological polar surface area (TPSA) is 127 Å². The normalized spacial score (nSPS) is 11.5. The van der Waals surface area contributed by atoms with Crippen molar-refractivity contribution in [3.63, 3.8) is 0 Å². The van der Waals surface area contributed by atoms with Crippen LogP contribution in [0.4, 0.5) is 5.69 Å². The molecule has 0 saturated heterocycles. The van der Waals surface area contributed by atoms with Crippen molar-refractivity contribution in [2.45, 2.75) is 38.8 Å². The zero-order valence-corrected chi connectivity index (χ0v) is 25.7. The molecule has 0 radical (unpaired) electrons. The minimum absolute atomic E-state index is 0.0607. The number of aryl methyl sites for hydroxylation is 1. The maximum atomic E-state index is 13.8. The third kappa shape index (κ3) is 8.06. The standard InChI is InChI=1S/C37H35N3O6/c1-24-17-18-40(23-27-12-15-31(46-2)16-13-27)37(45)35(24)39-36(44)32(20-25-7-9-26(10-8-25)22-34(42)43)38-33(41)21-28-11-14-29-5-3-4-6-30(29)19-28/h3-19,32H,20-23H2,1-2H3,(H,38,41)(H,39,44)(H,42,43)/t32-/m0/s1. The van der Waals surface area contributed by atoms with Crippen LogP contribution in [0, 0.1) is 6.92 Å². The van der Waals surface area contributed by atoms with Gasteiger partial charge in [-0.05, 0) is 63.7 Å². The van der Waals surface area contributed by atoms with E-state index in [2.05, 4.69) is 10.6 Å². The number of carbonyl (C=O) groups excluding carboxylic acids is 2. The van der Waals surface area contributed by atoms with Gasteiger partial charge in [-0.1, -0.05) is 78.9 Å². The highest BCUT2D eigenvalue weighted by Crippen LogP contribution is 2.17. The molecule has 1 atom stereocenters. The van der Waals surface area contributed by atoms with Crippen molar-refractivity contribution in [1.29, 1.82) is 0 Å². The summed E-state index contributed by atoms with van der Waals surface area (Å²) in [5.41, 5.74) is 3.37. The molecule has 0 unspecified atom stereocenters. The zero-order chi connectivity index (χ0) is 32.6. The van der Waals surface area contributed by atoms with E-state index < -0.39 is 17.9 Å². The molecule has 1 aromatic heterocycles. The molecular formula is C37H35N3O6. The second-order valence-corrected chi connectivity index (χ2v) is 11.2. The van der Waals surface area contributed by atoms with Crippen molar-refractivity contribution < 1.29 is 24.2 Å². The number of carboxylic acid groups (broad SMARTS) is 1. The number of nitrogens with zero attached hydrogens (tertiary/aromatic N) is 1. The highest BCUT2D eigenvalue weighted by molar-refractivity contribution is 5.98. The van der Waals surface area contributed by atoms with Gasteiger partial charge >= 0.3 is 5.97 Å². The summed E-state index contributed by atoms with van der Waals surface area (Å²) in [4.78, 5) is 51.7. The molecule has 3 N–H and O–H groups in total. The van der Waals surface area contributed by atoms with Gasteiger partial charge in [0.25, 0.3) is 5.56 Å². The van der Waals surface area contributed by atoms with Gasteiger partial charge in [-0.25, -0.2) is 0 Å². The molecule has 5 aromatic rings. The Kier molecular flexibility index (Phi) is 9.92. The molecule has 0 spiro atoms. The van der Waals surface area contributed by atoms with E-state index in [0.29, 0.717) is 23.4 Å². The van der Waals surface area contributed by atoms with Crippen molar-refractivity contribution in [1.82, 2.24) is 9.88 Å². The minimum Gasteiger partial charge on any atom is -0.497 e. The van der Waals surface area contributed by atoms with Crippen LogP contribution in [0.2, 0.25) is 0 Å². The Morgan fingerprint density at radius 3 is 2.15 bits per heavy atom. The molecule has 234 valence electrons. The van der Waals surface area contributed by atoms with Gasteiger partial charge in [0.15, 0.2) is 0 Å². The first-order valence-corrected chi connectivity index (χ1v) is 14.9. The first-order chi connectivity index (χ1) is 22.2. The predicted octanol–water partition coefficient (Wildman–Crippen LogP) is 4.90. The fraction of sp³-hybridized carbons (Fsp3) is 0.189. The quantitative estimate of drug-likeness (QED) is 0.183. The lowest BCUT2D eigenvalue weighted by Crippen LogP contribution is -2.46. The number of pyridine rings is 1. The smallest absolute Gasteiger partial charge is 0.307 e. The number of amides is 2. The Labute approximate surface area is 266 Å². The Balaban J connectivity index is 1.37. The van der Waals surface area contributed by atoms with Crippen molar-refractivity contribution in [3.05, 3.63) is 141 Å². The number of ether oxygens (including phenoxy) is 1. The molecular weight excluding hydrogens is 582 g/mol. The molecule has 9 nitrogen and oxygen atoms in total. The van der Waals surface area contributed by atoms with Crippen LogP contribution in [0.25, 0.3) is 10.8 Å². The summed E-state index contributed by atoms with van der Waals surface area (Å²) >= 11 is 0. The van der Waals surface area contributed by atoms with Crippen LogP contribution >= 0.6 is 0 Å². The van der Waals surface area contributed by atoms with Gasteiger partial charge in [0.2, 0.25) is 11.8 Å². The molecule has 1 heterocycles. The Morgan fingerprint density at radius 1 is 0.804 bits per heavy atom. The third-order valence-electron chi connectivity index (χ3n) is 7.78. The number of benzene rings is 4. The summed E-state index contributed by atoms with van der Waals surface area (Å²) in [6.07, 6.45) is 1.75. The van der Waals surface area contributed by atoms with Gasteiger partial charge in [0.05, 0.1) is 26.5 Å². The summed E-state index contributed by atoms with van der Waals surface area (Å²) in [7, 11) is 1.59. The lowest BCUT2D eigenvalue weighted by atomic mass is 10.0. The Morgan fingerprint density at radius 2 is 1.46 bits per heavy atom. The van der Waals surface area contributed by atoms with Crippen molar-refractivity contribution in [3.8, 4) is 5.75 Å². The van der Waals surface area contributed by atoms with Crippen LogP contribution in [0.3, 0.4) is 0 Å². The summed E-state index contributed by atoms with van der Waals surface area (Å²) in [5.74, 6) is -1.12. The van der Waals surface area contributed by atoms with E-state index in [1.165, 1.54) is 4.57 Å². The second-order valence-electron chi connectivity index (χ2n) is 11.2. The van der Waals surface area contributed by atoms with E-state index >= 15 is 0 Å². The number of hydrogen-bond acceptors (Lipinski definition) is 5. The lowest BCUT2D eigenvalue weighted by Gasteiger charge is -2.20. The maximum Gasteiger partial charge on any atom is 0.307 e. The number of carbonyl (C=O) groups is 3. The lowest BCUT2D eigenvalue weighted by molar-refractivity contribution is -0.136. The van der Waals surface area contributed by atoms with Gasteiger partial charge in [0, 0.05) is 12.6 Å². The summed E-state index contributed by atoms with van der Waals surface area (Å²) in [6, 6.07) is 28.6. The molecule has 9 heteroatoms. The van der Waals surface area contributed by atoms with E-state index in [4.69, 9.17) is 9.84 Å². The fourth-order valence-corrected chi connectivity index (χ4v) is 5.27. The molecule has 2 amide bonds. The van der Waals surface area contributed by atoms with Gasteiger partial charge in [-0.2, -0.15) is 0 Å². The molecule has 0 aliphatic carbocycles. The van der Waals surface area contributed by atoms with Crippen LogP contribution in [-0.2, 0) is 40.2 Å². The van der Waals surface area contributed by atoms with E-state index in [0.717, 1.165) is 27.5 Å². The number of rotatable bonds is 12. The summed E-state index contributed by atoms with van der Waals surface area (Å²) in [6.45, 7) is 2.03. The molecule has 0 bridgehead atoms. The number of aromatic nitrogens is 1. The Bertz CT molecular complexity index is 1930. The van der Waals surface area contributed by atoms with Crippen LogP contribution in [0.5, 0.6) is 5.75 Å². The van der Waals surface area contributed by atoms with E-state index in [-0.39, 0.29) is 36.4 Å². The number of hydrogen-bond donors (Lipinski definition) is 3. The number of nitrogens with one attached hydrogen (secondary N) is 2. The van der Waals surface area contributed by atoms with Crippen molar-refractivity contribution >= 4 is 34.2 Å².